The van der Waals surface area contributed by atoms with Gasteiger partial charge in [-0.05, 0) is 99.8 Å². The summed E-state index contributed by atoms with van der Waals surface area (Å²) < 4.78 is 69.8. The highest BCUT2D eigenvalue weighted by molar-refractivity contribution is 7.93. The normalized spacial score (nSPS) is 11.3. The molecule has 6 rings (SSSR count). The second-order valence-corrected chi connectivity index (χ2v) is 15.7. The molecule has 0 aliphatic heterocycles. The maximum Gasteiger partial charge on any atom is 0.274 e. The van der Waals surface area contributed by atoms with Crippen molar-refractivity contribution in [3.63, 3.8) is 0 Å². The van der Waals surface area contributed by atoms with Crippen molar-refractivity contribution in [1.29, 1.82) is 0 Å². The van der Waals surface area contributed by atoms with Crippen LogP contribution in [-0.4, -0.2) is 48.8 Å². The first kappa shape index (κ1) is 39.8. The Morgan fingerprint density at radius 3 is 2.07 bits per heavy atom. The molecular formula is C37H37FN8O7S2. The molecule has 0 radical (unpaired) electrons. The predicted octanol–water partition coefficient (Wildman–Crippen LogP) is 6.79. The fraction of sp³-hybridized carbons (Fsp3) is 0.162. The zero-order valence-corrected chi connectivity index (χ0v) is 31.9. The molecule has 4 N–H and O–H groups in total. The average molecular weight is 789 g/mol. The summed E-state index contributed by atoms with van der Waals surface area (Å²) >= 11 is 0. The molecule has 0 bridgehead atoms. The number of halogens is 1. The molecule has 0 spiro atoms. The molecule has 0 saturated heterocycles. The molecular weight excluding hydrogens is 752 g/mol. The van der Waals surface area contributed by atoms with Gasteiger partial charge in [0.2, 0.25) is 0 Å². The van der Waals surface area contributed by atoms with Gasteiger partial charge >= 0.3 is 0 Å². The van der Waals surface area contributed by atoms with Crippen LogP contribution in [0.3, 0.4) is 0 Å². The SMILES string of the molecule is CCNC(=O)c1cn2ncnc(Nc3cc(NS(=O)(=O)c4cccc(F)c4)ccc3C)c2c1C.Cc1cccc(S(=O)(=O)Nc2ccc(C)c([N+](=O)[O-])c2)c1. The molecule has 0 atom stereocenters. The fourth-order valence-corrected chi connectivity index (χ4v) is 7.63. The first-order chi connectivity index (χ1) is 26.0. The molecule has 0 aliphatic carbocycles. The van der Waals surface area contributed by atoms with E-state index in [1.54, 1.807) is 54.9 Å². The zero-order valence-electron chi connectivity index (χ0n) is 30.3. The van der Waals surface area contributed by atoms with E-state index in [0.29, 0.717) is 40.3 Å². The Labute approximate surface area is 316 Å². The summed E-state index contributed by atoms with van der Waals surface area (Å²) in [7, 11) is -7.75. The van der Waals surface area contributed by atoms with Crippen LogP contribution in [0.2, 0.25) is 0 Å². The van der Waals surface area contributed by atoms with Gasteiger partial charge in [0.15, 0.2) is 5.82 Å². The Kier molecular flexibility index (Phi) is 11.8. The average Bonchev–Trinajstić information content (AvgIpc) is 3.47. The van der Waals surface area contributed by atoms with E-state index in [1.807, 2.05) is 20.8 Å². The molecule has 1 amide bonds. The van der Waals surface area contributed by atoms with E-state index < -0.39 is 30.8 Å². The van der Waals surface area contributed by atoms with Crippen LogP contribution < -0.4 is 20.1 Å². The highest BCUT2D eigenvalue weighted by Crippen LogP contribution is 2.30. The molecule has 2 aromatic heterocycles. The van der Waals surface area contributed by atoms with Crippen molar-refractivity contribution in [2.75, 3.05) is 21.3 Å². The molecule has 15 nitrogen and oxygen atoms in total. The first-order valence-corrected chi connectivity index (χ1v) is 19.6. The fourth-order valence-electron chi connectivity index (χ4n) is 5.40. The van der Waals surface area contributed by atoms with Crippen molar-refractivity contribution >= 4 is 60.0 Å². The van der Waals surface area contributed by atoms with Crippen LogP contribution in [0, 0.1) is 43.6 Å². The standard InChI is InChI=1S/C23H23FN6O3S.C14H14N2O4S/c1-4-25-23(31)19-12-30-21(15(19)3)22(26-13-27-30)28-20-11-17(9-8-14(20)2)29-34(32,33)18-7-5-6-16(24)10-18;1-10-4-3-5-13(8-10)21(19,20)15-12-7-6-11(2)14(9-12)16(17)18/h5-13,29H,4H2,1-3H3,(H,25,31)(H,26,27,28);3-9,15H,1-2H3. The summed E-state index contributed by atoms with van der Waals surface area (Å²) in [5, 5.41) is 21.1. The molecule has 18 heteroatoms. The van der Waals surface area contributed by atoms with Gasteiger partial charge in [-0.25, -0.2) is 30.7 Å². The van der Waals surface area contributed by atoms with Gasteiger partial charge in [-0.3, -0.25) is 24.4 Å². The molecule has 55 heavy (non-hydrogen) atoms. The summed E-state index contributed by atoms with van der Waals surface area (Å²) in [4.78, 5) is 27.0. The van der Waals surface area contributed by atoms with Crippen LogP contribution in [0.5, 0.6) is 0 Å². The number of fused-ring (bicyclic) bond motifs is 1. The van der Waals surface area contributed by atoms with E-state index >= 15 is 0 Å². The van der Waals surface area contributed by atoms with E-state index in [2.05, 4.69) is 30.2 Å². The minimum absolute atomic E-state index is 0.116. The van der Waals surface area contributed by atoms with Crippen molar-refractivity contribution in [3.05, 3.63) is 141 Å². The van der Waals surface area contributed by atoms with Crippen LogP contribution in [0.25, 0.3) is 5.52 Å². The number of carbonyl (C=O) groups excluding carboxylic acids is 1. The Hall–Kier alpha value is -6.40. The first-order valence-electron chi connectivity index (χ1n) is 16.6. The van der Waals surface area contributed by atoms with E-state index in [-0.39, 0.29) is 32.8 Å². The lowest BCUT2D eigenvalue weighted by molar-refractivity contribution is -0.385. The number of hydrogen-bond donors (Lipinski definition) is 4. The zero-order chi connectivity index (χ0) is 40.1. The van der Waals surface area contributed by atoms with Crippen LogP contribution >= 0.6 is 0 Å². The third kappa shape index (κ3) is 9.40. The van der Waals surface area contributed by atoms with Gasteiger partial charge in [0.25, 0.3) is 31.6 Å². The Balaban J connectivity index is 0.000000237. The number of nitro benzene ring substituents is 1. The van der Waals surface area contributed by atoms with E-state index in [0.717, 1.165) is 17.2 Å². The van der Waals surface area contributed by atoms with E-state index in [1.165, 1.54) is 54.9 Å². The summed E-state index contributed by atoms with van der Waals surface area (Å²) in [5.74, 6) is -0.394. The van der Waals surface area contributed by atoms with Gasteiger partial charge < -0.3 is 10.6 Å². The lowest BCUT2D eigenvalue weighted by Crippen LogP contribution is -2.22. The summed E-state index contributed by atoms with van der Waals surface area (Å²) in [6.07, 6.45) is 3.00. The third-order valence-electron chi connectivity index (χ3n) is 8.22. The third-order valence-corrected chi connectivity index (χ3v) is 11.0. The van der Waals surface area contributed by atoms with Crippen molar-refractivity contribution in [3.8, 4) is 0 Å². The number of carbonyl (C=O) groups is 1. The predicted molar refractivity (Wildman–Crippen MR) is 207 cm³/mol. The molecule has 6 aromatic rings. The maximum atomic E-state index is 13.5. The highest BCUT2D eigenvalue weighted by Gasteiger charge is 2.20. The van der Waals surface area contributed by atoms with Gasteiger partial charge in [0.05, 0.1) is 31.7 Å². The highest BCUT2D eigenvalue weighted by atomic mass is 32.2. The van der Waals surface area contributed by atoms with Crippen molar-refractivity contribution in [2.45, 2.75) is 44.4 Å². The lowest BCUT2D eigenvalue weighted by Gasteiger charge is -2.14. The number of nitrogens with one attached hydrogen (secondary N) is 4. The number of hydrogen-bond acceptors (Lipinski definition) is 10. The molecule has 0 unspecified atom stereocenters. The minimum Gasteiger partial charge on any atom is -0.352 e. The molecule has 2 heterocycles. The molecule has 286 valence electrons. The van der Waals surface area contributed by atoms with E-state index in [4.69, 9.17) is 0 Å². The number of sulfonamides is 2. The van der Waals surface area contributed by atoms with Gasteiger partial charge in [-0.1, -0.05) is 30.3 Å². The molecule has 0 aliphatic rings. The number of rotatable bonds is 11. The molecule has 0 fully saturated rings. The van der Waals surface area contributed by atoms with Crippen LogP contribution in [0.4, 0.5) is 33.0 Å². The van der Waals surface area contributed by atoms with Crippen LogP contribution in [0.15, 0.2) is 107 Å². The smallest absolute Gasteiger partial charge is 0.274 e. The Morgan fingerprint density at radius 2 is 1.45 bits per heavy atom. The number of aryl methyl sites for hydroxylation is 4. The number of nitrogens with zero attached hydrogens (tertiary/aromatic N) is 4. The topological polar surface area (TPSA) is 207 Å². The quantitative estimate of drug-likeness (QED) is 0.0798. The largest absolute Gasteiger partial charge is 0.352 e. The van der Waals surface area contributed by atoms with Crippen molar-refractivity contribution in [2.24, 2.45) is 0 Å². The number of anilines is 4. The molecule has 0 saturated carbocycles. The number of benzene rings is 4. The maximum absolute atomic E-state index is 13.5. The Bertz CT molecular complexity index is 2650. The second kappa shape index (κ2) is 16.3. The van der Waals surface area contributed by atoms with E-state index in [9.17, 15) is 36.1 Å². The van der Waals surface area contributed by atoms with Crippen molar-refractivity contribution in [1.82, 2.24) is 19.9 Å². The number of aromatic nitrogens is 3. The summed E-state index contributed by atoms with van der Waals surface area (Å²) in [6, 6.07) is 20.4. The monoisotopic (exact) mass is 788 g/mol. The summed E-state index contributed by atoms with van der Waals surface area (Å²) in [5.41, 5.74) is 4.85. The van der Waals surface area contributed by atoms with Gasteiger partial charge in [-0.15, -0.1) is 0 Å². The van der Waals surface area contributed by atoms with Gasteiger partial charge in [0.1, 0.15) is 17.7 Å². The molecule has 4 aromatic carbocycles. The number of nitro groups is 1. The van der Waals surface area contributed by atoms with Crippen molar-refractivity contribution < 1.29 is 30.9 Å². The van der Waals surface area contributed by atoms with Gasteiger partial charge in [-0.2, -0.15) is 5.10 Å². The van der Waals surface area contributed by atoms with Crippen LogP contribution in [-0.2, 0) is 20.0 Å². The summed E-state index contributed by atoms with van der Waals surface area (Å²) in [6.45, 7) is 9.39. The van der Waals surface area contributed by atoms with Gasteiger partial charge in [0, 0.05) is 30.1 Å². The Morgan fingerprint density at radius 1 is 0.836 bits per heavy atom. The lowest BCUT2D eigenvalue weighted by atomic mass is 10.1. The number of amides is 1. The second-order valence-electron chi connectivity index (χ2n) is 12.3. The minimum atomic E-state index is -3.98. The van der Waals surface area contributed by atoms with Crippen LogP contribution in [0.1, 0.15) is 39.5 Å².